The molecule has 0 bridgehead atoms. The number of halogens is 1. The van der Waals surface area contributed by atoms with E-state index in [1.165, 1.54) is 81.4 Å². The van der Waals surface area contributed by atoms with E-state index >= 15 is 0 Å². The predicted molar refractivity (Wildman–Crippen MR) is 475 cm³/mol. The second-order valence-electron chi connectivity index (χ2n) is 25.9. The number of carbonyl (C=O) groups is 8. The molecule has 9 atom stereocenters. The molecule has 670 valence electrons. The molecule has 38 nitrogen and oxygen atoms in total. The lowest BCUT2D eigenvalue weighted by Gasteiger charge is -2.16. The highest BCUT2D eigenvalue weighted by atomic mass is 35.5. The summed E-state index contributed by atoms with van der Waals surface area (Å²) in [5.74, 6) is -2.45. The summed E-state index contributed by atoms with van der Waals surface area (Å²) < 4.78 is 95.8. The lowest BCUT2D eigenvalue weighted by molar-refractivity contribution is -0.146. The number of aliphatic hydroxyl groups excluding tert-OH is 3. The van der Waals surface area contributed by atoms with Gasteiger partial charge in [-0.25, -0.2) is 19.2 Å². The van der Waals surface area contributed by atoms with Gasteiger partial charge in [0.2, 0.25) is 11.8 Å². The van der Waals surface area contributed by atoms with Gasteiger partial charge in [-0.05, 0) is 172 Å². The fourth-order valence-corrected chi connectivity index (χ4v) is 11.6. The van der Waals surface area contributed by atoms with E-state index in [1.807, 2.05) is 0 Å². The highest BCUT2D eigenvalue weighted by molar-refractivity contribution is 7.95. The third-order valence-electron chi connectivity index (χ3n) is 17.3. The molecule has 0 radical (unpaired) electrons. The van der Waals surface area contributed by atoms with Gasteiger partial charge in [0, 0.05) is 81.0 Å². The number of esters is 2. The number of hydrogen-bond donors (Lipinski definition) is 9. The van der Waals surface area contributed by atoms with Gasteiger partial charge in [-0.1, -0.05) is 87.7 Å². The average molecular weight is 1810 g/mol. The maximum atomic E-state index is 12.6. The second-order valence-corrected chi connectivity index (χ2v) is 27.9. The number of methoxy groups -OCH3 is 1. The number of nitrogen functional groups attached to an aromatic ring is 1. The van der Waals surface area contributed by atoms with Crippen molar-refractivity contribution in [1.82, 2.24) is 48.8 Å². The van der Waals surface area contributed by atoms with Gasteiger partial charge >= 0.3 is 34.7 Å². The fraction of sp³-hybridized carbons (Fsp3) is 0.325. The number of nitrogens with two attached hydrogens (primary N) is 1. The van der Waals surface area contributed by atoms with Crippen molar-refractivity contribution in [2.24, 2.45) is 0 Å². The number of nitrogens with zero attached hydrogens (tertiary/aromatic N) is 8. The minimum absolute atomic E-state index is 0. The number of nitrogens with one attached hydrogen (secondary N) is 5. The fourth-order valence-electron chi connectivity index (χ4n) is 10.8. The summed E-state index contributed by atoms with van der Waals surface area (Å²) in [5, 5.41) is 38.6. The van der Waals surface area contributed by atoms with Crippen LogP contribution < -0.4 is 55.1 Å². The lowest BCUT2D eigenvalue weighted by Crippen LogP contribution is -2.29. The van der Waals surface area contributed by atoms with Gasteiger partial charge in [0.1, 0.15) is 76.4 Å². The number of amides is 5. The van der Waals surface area contributed by atoms with Crippen LogP contribution in [0, 0.1) is 0 Å². The van der Waals surface area contributed by atoms with E-state index in [9.17, 15) is 57.5 Å². The minimum Gasteiger partial charge on any atom is -0.461 e. The molecule has 43 heteroatoms. The molecule has 8 aromatic rings. The molecule has 5 amide bonds. The standard InChI is InChI=1S/C23H27BN4O7S.C23H26N4O7.C18H20BN3O5S.C9H11N3O3.C8H7ClO2.2CH4/c1-25-19(29)7-9-21(30)33-12-15-2-4-16(5-3-15)22(31)26-18-10-11-28(23(32)27-18)20-8-6-17(35-20)13-34-36-14-24;1-24-19(28)8-10-21(29)33-13-15-3-5-16(6-4-15)22(30)25-18-11-12-27(23(31)26-18)20-9-7-17(34-20)14-32-2;19-11-28-26-10-14-5-6-16(27-14)22-8-7-15(21-18(22)25)20-17(24)13-3-1-12(9-23)2-4-13;10-7-3-4-12(9(14)11-7)8-2-1-6(5-13)15-8;9-8(11)7-3-1-6(5-10)2-4-7;;/h2-6,8,10-11,17,20H,7,9,12-14,24H2,1H3,(H,25,29)(H,26,27,31,32);3-7,9,11-12,17,20H,8,10,13-14H2,1-2H3,(H,24,28)(H,25,26,30,31);1-8,14,16,23H,9-11,19H2,(H,20,21,24,25);1-4,6,8,13H,5H2,(H2,10,11,14);1-4,10H,5H2;2*1H4/t2*17-,20+;14-,16+;6-,8+;;;/m0000.../s1/i24TD;2TD;19TD;;;;/tm;2?,17-,20+;m;;;;. The summed E-state index contributed by atoms with van der Waals surface area (Å²) in [4.78, 5) is 158. The van der Waals surface area contributed by atoms with Gasteiger partial charge in [-0.2, -0.15) is 19.9 Å². The van der Waals surface area contributed by atoms with Gasteiger partial charge in [-0.15, -0.1) is 0 Å². The molecule has 0 spiro atoms. The minimum atomic E-state index is -1.42. The van der Waals surface area contributed by atoms with Crippen molar-refractivity contribution < 1.29 is 97.9 Å². The van der Waals surface area contributed by atoms with Crippen molar-refractivity contribution in [1.29, 1.82) is 5.34 Å². The Morgan fingerprint density at radius 3 is 1.12 bits per heavy atom. The van der Waals surface area contributed by atoms with E-state index in [0.29, 0.717) is 38.9 Å². The second kappa shape index (κ2) is 53.9. The largest absolute Gasteiger partial charge is 0.461 e. The van der Waals surface area contributed by atoms with E-state index in [0.717, 1.165) is 29.6 Å². The first-order valence-electron chi connectivity index (χ1n) is 41.0. The highest BCUT2D eigenvalue weighted by Gasteiger charge is 2.27. The van der Waals surface area contributed by atoms with Gasteiger partial charge in [-0.3, -0.25) is 56.6 Å². The van der Waals surface area contributed by atoms with E-state index in [1.54, 1.807) is 146 Å². The zero-order chi connectivity index (χ0) is 94.2. The third kappa shape index (κ3) is 33.4. The zero-order valence-corrected chi connectivity index (χ0v) is 68.9. The van der Waals surface area contributed by atoms with E-state index in [2.05, 4.69) is 46.5 Å². The normalized spacial score (nSPS) is 17.9. The van der Waals surface area contributed by atoms with Crippen LogP contribution in [0.2, 0.25) is 0 Å². The van der Waals surface area contributed by atoms with E-state index in [4.69, 9.17) is 82.3 Å². The molecule has 1 unspecified atom stereocenters. The lowest BCUT2D eigenvalue weighted by atomic mass is 10.1. The van der Waals surface area contributed by atoms with E-state index < -0.39 is 111 Å². The molecular weight excluding hydrogens is 1700 g/mol. The van der Waals surface area contributed by atoms with Crippen molar-refractivity contribution in [2.75, 3.05) is 80.6 Å². The number of aliphatic hydroxyl groups is 3. The Balaban J connectivity index is 0.000000267. The molecule has 8 heterocycles. The first kappa shape index (κ1) is 93.0. The number of aromatic nitrogens is 8. The summed E-state index contributed by atoms with van der Waals surface area (Å²) in [6.07, 6.45) is 15.4. The van der Waals surface area contributed by atoms with Crippen molar-refractivity contribution in [3.63, 3.8) is 0 Å². The molecule has 4 aliphatic heterocycles. The van der Waals surface area contributed by atoms with Crippen LogP contribution >= 0.6 is 35.7 Å². The Morgan fingerprint density at radius 2 is 0.810 bits per heavy atom. The summed E-state index contributed by atoms with van der Waals surface area (Å²) in [6.45, 7) is 0.235. The number of hydrogen-bond acceptors (Lipinski definition) is 31. The van der Waals surface area contributed by atoms with Crippen molar-refractivity contribution >= 4 is 121 Å². The van der Waals surface area contributed by atoms with Gasteiger partial charge in [0.25, 0.3) is 23.0 Å². The van der Waals surface area contributed by atoms with Crippen molar-refractivity contribution in [3.05, 3.63) is 281 Å². The SMILES string of the molecule is C.C.Nc1ccn([C@H]2C=C[C@@H](CO)O2)c(=O)n1.O=C(Cl)c1ccc(CO)cc1.[2H]B([3H])CSOC[C@@H]1C=C[C@H](n2ccc(NC(=O)c3ccc(CO)cc3)nc2=O)O1.[2H]B([3H])CSOC[C@@H]1C=C[C@H](n2ccc(NC(=O)c3ccc(COC(=O)CCC(=O)NC)cc3)nc2=O)O1.[2H]C([3H])OC[C@@H]1C=C[C@H](n2ccc(NC(=O)c3ccc(COC(=O)CCC(=O)NC)cc3)nc2=O)O1. The Labute approximate surface area is 747 Å². The monoisotopic (exact) mass is 1810 g/mol. The van der Waals surface area contributed by atoms with Crippen LogP contribution in [0.15, 0.2) is 214 Å². The van der Waals surface area contributed by atoms with Crippen molar-refractivity contribution in [2.45, 2.75) is 116 Å². The van der Waals surface area contributed by atoms with Crippen LogP contribution in [0.1, 0.15) is 132 Å². The Kier molecular flexibility index (Phi) is 39.8. The summed E-state index contributed by atoms with van der Waals surface area (Å²) >= 11 is 7.25. The molecule has 4 aromatic carbocycles. The summed E-state index contributed by atoms with van der Waals surface area (Å²) in [6, 6.07) is 31.6. The van der Waals surface area contributed by atoms with Gasteiger partial charge in [0.15, 0.2) is 24.9 Å². The van der Waals surface area contributed by atoms with E-state index in [-0.39, 0.29) is 158 Å². The molecule has 0 saturated carbocycles. The number of ether oxygens (including phenoxy) is 7. The quantitative estimate of drug-likeness (QED) is 0.00639. The van der Waals surface area contributed by atoms with Crippen molar-refractivity contribution in [3.8, 4) is 0 Å². The summed E-state index contributed by atoms with van der Waals surface area (Å²) in [5.41, 5.74) is 7.74. The predicted octanol–water partition coefficient (Wildman–Crippen LogP) is 4.74. The molecule has 126 heavy (non-hydrogen) atoms. The first-order chi connectivity index (χ1) is 62.4. The molecule has 4 aliphatic rings. The molecule has 4 aromatic heterocycles. The van der Waals surface area contributed by atoms with Gasteiger partial charge in [0.05, 0.1) is 55.2 Å². The molecule has 0 aliphatic carbocycles. The smallest absolute Gasteiger partial charge is 0.351 e. The third-order valence-corrected chi connectivity index (χ3v) is 18.3. The van der Waals surface area contributed by atoms with Crippen LogP contribution in [0.25, 0.3) is 0 Å². The Morgan fingerprint density at radius 1 is 0.484 bits per heavy atom. The van der Waals surface area contributed by atoms with Crippen LogP contribution in [0.3, 0.4) is 0 Å². The maximum absolute atomic E-state index is 12.6. The number of rotatable bonds is 36. The zero-order valence-electron chi connectivity index (χ0n) is 72.5. The summed E-state index contributed by atoms with van der Waals surface area (Å²) in [7, 11) is -0.368. The van der Waals surface area contributed by atoms with Gasteiger partial charge < -0.3 is 89.2 Å². The number of carbonyl (C=O) groups excluding carboxylic acids is 8. The van der Waals surface area contributed by atoms with Crippen LogP contribution in [0.5, 0.6) is 0 Å². The Hall–Kier alpha value is -12.2. The van der Waals surface area contributed by atoms with Crippen LogP contribution in [0.4, 0.5) is 23.3 Å². The molecule has 0 saturated heterocycles. The molecule has 10 N–H and O–H groups in total. The topological polar surface area (TPSA) is 506 Å². The first-order valence-corrected chi connectivity index (χ1v) is 39.8. The van der Waals surface area contributed by atoms with Crippen LogP contribution in [-0.2, 0) is 87.1 Å². The Bertz CT molecular complexity index is 5510. The molecule has 12 rings (SSSR count). The van der Waals surface area contributed by atoms with Crippen LogP contribution in [-0.4, -0.2) is 204 Å². The highest BCUT2D eigenvalue weighted by Crippen LogP contribution is 2.26. The molecular formula is C83H99B2ClN14O24S2. The number of anilines is 4. The maximum Gasteiger partial charge on any atom is 0.351 e. The molecule has 0 fully saturated rings. The number of benzene rings is 4. The average Bonchev–Trinajstić information content (AvgIpc) is 1.64.